The van der Waals surface area contributed by atoms with Crippen molar-refractivity contribution in [2.45, 2.75) is 52.3 Å². The second kappa shape index (κ2) is 10.4. The number of aryl methyl sites for hydroxylation is 1. The number of nitrogens with zero attached hydrogens (tertiary/aromatic N) is 2. The summed E-state index contributed by atoms with van der Waals surface area (Å²) in [6.45, 7) is 5.84. The van der Waals surface area contributed by atoms with E-state index in [1.165, 1.54) is 6.07 Å². The molecule has 1 saturated heterocycles. The fraction of sp³-hybridized carbons (Fsp3) is 0.560. The molecule has 2 aliphatic heterocycles. The van der Waals surface area contributed by atoms with Crippen molar-refractivity contribution in [1.82, 2.24) is 15.1 Å². The molecular weight excluding hydrogens is 499 g/mol. The minimum atomic E-state index is -4.74. The summed E-state index contributed by atoms with van der Waals surface area (Å²) in [5.41, 5.74) is 0.316. The molecule has 1 fully saturated rings. The van der Waals surface area contributed by atoms with Crippen molar-refractivity contribution in [3.8, 4) is 0 Å². The van der Waals surface area contributed by atoms with E-state index < -0.39 is 23.3 Å². The van der Waals surface area contributed by atoms with Crippen LogP contribution in [0.4, 0.5) is 13.2 Å². The fourth-order valence-corrected chi connectivity index (χ4v) is 5.07. The average Bonchev–Trinajstić information content (AvgIpc) is 3.10. The van der Waals surface area contributed by atoms with Gasteiger partial charge in [0, 0.05) is 37.2 Å². The maximum atomic E-state index is 13.4. The van der Waals surface area contributed by atoms with Gasteiger partial charge >= 0.3 is 12.1 Å². The van der Waals surface area contributed by atoms with Gasteiger partial charge in [0.25, 0.3) is 5.91 Å². The summed E-state index contributed by atoms with van der Waals surface area (Å²) in [6, 6.07) is 2.95. The van der Waals surface area contributed by atoms with Gasteiger partial charge in [-0.05, 0) is 49.3 Å². The van der Waals surface area contributed by atoms with Gasteiger partial charge in [0.15, 0.2) is 0 Å². The van der Waals surface area contributed by atoms with E-state index in [4.69, 9.17) is 21.1 Å². The summed E-state index contributed by atoms with van der Waals surface area (Å²) >= 11 is 5.70. The number of carbonyl (C=O) groups excluding carboxylic acids is 2. The molecular formula is C25H29ClF3N3O4. The molecule has 36 heavy (non-hydrogen) atoms. The van der Waals surface area contributed by atoms with Crippen LogP contribution >= 0.6 is 11.6 Å². The number of nitrogens with one attached hydrogen (secondary N) is 1. The first-order chi connectivity index (χ1) is 17.0. The Morgan fingerprint density at radius 3 is 2.72 bits per heavy atom. The molecule has 1 N–H and O–H groups in total. The maximum Gasteiger partial charge on any atom is 0.417 e. The topological polar surface area (TPSA) is 82.5 Å². The molecule has 0 saturated carbocycles. The van der Waals surface area contributed by atoms with E-state index in [2.05, 4.69) is 10.4 Å². The van der Waals surface area contributed by atoms with E-state index in [0.29, 0.717) is 56.5 Å². The molecule has 11 heteroatoms. The third-order valence-corrected chi connectivity index (χ3v) is 7.14. The van der Waals surface area contributed by atoms with Crippen LogP contribution in [0.2, 0.25) is 5.02 Å². The molecule has 2 aliphatic rings. The predicted octanol–water partition coefficient (Wildman–Crippen LogP) is 4.69. The Morgan fingerprint density at radius 2 is 2.06 bits per heavy atom. The van der Waals surface area contributed by atoms with Crippen LogP contribution in [-0.2, 0) is 35.0 Å². The van der Waals surface area contributed by atoms with Crippen molar-refractivity contribution in [2.75, 3.05) is 26.4 Å². The normalized spacial score (nSPS) is 18.3. The smallest absolute Gasteiger partial charge is 0.417 e. The number of benzene rings is 1. The van der Waals surface area contributed by atoms with Gasteiger partial charge < -0.3 is 14.8 Å². The second-order valence-electron chi connectivity index (χ2n) is 9.67. The monoisotopic (exact) mass is 527 g/mol. The van der Waals surface area contributed by atoms with Crippen molar-refractivity contribution in [3.05, 3.63) is 51.3 Å². The molecule has 1 spiro atoms. The van der Waals surface area contributed by atoms with Gasteiger partial charge in [-0.1, -0.05) is 25.4 Å². The molecule has 0 bridgehead atoms. The van der Waals surface area contributed by atoms with Crippen LogP contribution in [0.5, 0.6) is 0 Å². The Labute approximate surface area is 212 Å². The van der Waals surface area contributed by atoms with Gasteiger partial charge in [0.05, 0.1) is 34.7 Å². The Balaban J connectivity index is 1.51. The van der Waals surface area contributed by atoms with Crippen molar-refractivity contribution in [2.24, 2.45) is 11.3 Å². The molecule has 1 amide bonds. The summed E-state index contributed by atoms with van der Waals surface area (Å²) in [6.07, 6.45) is -1.83. The lowest BCUT2D eigenvalue weighted by Crippen LogP contribution is -2.41. The molecule has 0 aliphatic carbocycles. The van der Waals surface area contributed by atoms with Crippen LogP contribution in [0.3, 0.4) is 0 Å². The summed E-state index contributed by atoms with van der Waals surface area (Å²) < 4.78 is 52.7. The van der Waals surface area contributed by atoms with Gasteiger partial charge in [-0.3, -0.25) is 9.48 Å². The van der Waals surface area contributed by atoms with Crippen molar-refractivity contribution < 1.29 is 32.2 Å². The first kappa shape index (κ1) is 26.5. The molecule has 1 atom stereocenters. The first-order valence-corrected chi connectivity index (χ1v) is 12.4. The van der Waals surface area contributed by atoms with Gasteiger partial charge in [0.1, 0.15) is 0 Å². The summed E-state index contributed by atoms with van der Waals surface area (Å²) in [4.78, 5) is 25.5. The lowest BCUT2D eigenvalue weighted by molar-refractivity contribution is -0.138. The Bertz CT molecular complexity index is 1140. The lowest BCUT2D eigenvalue weighted by Gasteiger charge is -2.36. The van der Waals surface area contributed by atoms with Crippen LogP contribution in [0, 0.1) is 11.3 Å². The maximum absolute atomic E-state index is 13.4. The molecule has 0 radical (unpaired) electrons. The number of amides is 1. The van der Waals surface area contributed by atoms with Gasteiger partial charge in [-0.25, -0.2) is 4.79 Å². The highest BCUT2D eigenvalue weighted by molar-refractivity contribution is 6.30. The quantitative estimate of drug-likeness (QED) is 0.551. The SMILES string of the molecule is CCc1nn(C[C@@H](C)COC(=O)c2ccc(Cl)cc2C(F)(F)F)c2c1C(=O)NCC1(CCOCC1)C2. The van der Waals surface area contributed by atoms with Gasteiger partial charge in [-0.15, -0.1) is 0 Å². The van der Waals surface area contributed by atoms with Crippen LogP contribution in [-0.4, -0.2) is 48.0 Å². The number of halogens is 4. The van der Waals surface area contributed by atoms with Gasteiger partial charge in [-0.2, -0.15) is 18.3 Å². The third kappa shape index (κ3) is 5.54. The zero-order chi connectivity index (χ0) is 26.1. The highest BCUT2D eigenvalue weighted by Gasteiger charge is 2.40. The molecule has 7 nitrogen and oxygen atoms in total. The van der Waals surface area contributed by atoms with Crippen LogP contribution in [0.25, 0.3) is 0 Å². The number of rotatable bonds is 6. The molecule has 1 aromatic heterocycles. The summed E-state index contributed by atoms with van der Waals surface area (Å²) in [5.74, 6) is -1.47. The third-order valence-electron chi connectivity index (χ3n) is 6.90. The van der Waals surface area contributed by atoms with Crippen LogP contribution in [0.15, 0.2) is 18.2 Å². The highest BCUT2D eigenvalue weighted by Crippen LogP contribution is 2.38. The van der Waals surface area contributed by atoms with E-state index in [1.807, 2.05) is 13.8 Å². The van der Waals surface area contributed by atoms with E-state index in [1.54, 1.807) is 4.68 Å². The number of esters is 1. The zero-order valence-corrected chi connectivity index (χ0v) is 21.0. The minimum Gasteiger partial charge on any atom is -0.462 e. The summed E-state index contributed by atoms with van der Waals surface area (Å²) in [7, 11) is 0. The molecule has 3 heterocycles. The fourth-order valence-electron chi connectivity index (χ4n) is 4.90. The number of hydrogen-bond acceptors (Lipinski definition) is 5. The van der Waals surface area contributed by atoms with E-state index in [0.717, 1.165) is 24.6 Å². The Hall–Kier alpha value is -2.59. The number of alkyl halides is 3. The van der Waals surface area contributed by atoms with Crippen LogP contribution in [0.1, 0.15) is 64.4 Å². The molecule has 196 valence electrons. The van der Waals surface area contributed by atoms with Crippen molar-refractivity contribution in [3.63, 3.8) is 0 Å². The molecule has 1 aromatic carbocycles. The van der Waals surface area contributed by atoms with E-state index in [9.17, 15) is 22.8 Å². The largest absolute Gasteiger partial charge is 0.462 e. The Morgan fingerprint density at radius 1 is 1.33 bits per heavy atom. The zero-order valence-electron chi connectivity index (χ0n) is 20.2. The number of fused-ring (bicyclic) bond motifs is 1. The van der Waals surface area contributed by atoms with Crippen molar-refractivity contribution in [1.29, 1.82) is 0 Å². The standard InChI is InChI=1S/C25H29ClF3N3O4/c1-3-19-21-20(11-24(14-30-22(21)33)6-8-35-9-7-24)32(31-19)12-15(2)13-36-23(34)17-5-4-16(26)10-18(17)25(27,28)29/h4-5,10,15H,3,6-9,11-14H2,1-2H3,(H,30,33)/t15-/m1/s1. The van der Waals surface area contributed by atoms with E-state index in [-0.39, 0.29) is 28.9 Å². The highest BCUT2D eigenvalue weighted by atomic mass is 35.5. The van der Waals surface area contributed by atoms with Gasteiger partial charge in [0.2, 0.25) is 0 Å². The van der Waals surface area contributed by atoms with Crippen molar-refractivity contribution >= 4 is 23.5 Å². The number of hydrogen-bond donors (Lipinski definition) is 1. The number of ether oxygens (including phenoxy) is 2. The Kier molecular flexibility index (Phi) is 7.66. The summed E-state index contributed by atoms with van der Waals surface area (Å²) in [5, 5.41) is 7.63. The number of carbonyl (C=O) groups is 2. The average molecular weight is 528 g/mol. The predicted molar refractivity (Wildman–Crippen MR) is 126 cm³/mol. The minimum absolute atomic E-state index is 0.111. The molecule has 4 rings (SSSR count). The van der Waals surface area contributed by atoms with Crippen LogP contribution < -0.4 is 5.32 Å². The lowest BCUT2D eigenvalue weighted by atomic mass is 9.76. The molecule has 0 unspecified atom stereocenters. The van der Waals surface area contributed by atoms with E-state index >= 15 is 0 Å². The second-order valence-corrected chi connectivity index (χ2v) is 10.1. The first-order valence-electron chi connectivity index (χ1n) is 12.0. The molecule has 2 aromatic rings. The number of aromatic nitrogens is 2.